The van der Waals surface area contributed by atoms with Crippen LogP contribution in [0, 0.1) is 0 Å². The van der Waals surface area contributed by atoms with E-state index in [9.17, 15) is 9.59 Å². The minimum atomic E-state index is -0.422. The van der Waals surface area contributed by atoms with Gasteiger partial charge < -0.3 is 4.74 Å². The molecule has 3 aromatic rings. The summed E-state index contributed by atoms with van der Waals surface area (Å²) in [5.74, 6) is 0.652. The van der Waals surface area contributed by atoms with Crippen LogP contribution >= 0.6 is 11.5 Å². The molecule has 9 nitrogen and oxygen atoms in total. The van der Waals surface area contributed by atoms with Gasteiger partial charge in [0.25, 0.3) is 5.91 Å². The number of carbonyl (C=O) groups excluding carboxylic acids is 2. The molecule has 0 fully saturated rings. The molecule has 146 valence electrons. The molecule has 28 heavy (non-hydrogen) atoms. The maximum absolute atomic E-state index is 12.7. The van der Waals surface area contributed by atoms with E-state index < -0.39 is 5.91 Å². The number of nitrogens with zero attached hydrogens (tertiary/aromatic N) is 5. The average Bonchev–Trinajstić information content (AvgIpc) is 3.28. The molecular formula is C18H20N6O3S. The van der Waals surface area contributed by atoms with Crippen molar-refractivity contribution < 1.29 is 14.3 Å². The zero-order valence-corrected chi connectivity index (χ0v) is 16.8. The van der Waals surface area contributed by atoms with Gasteiger partial charge in [-0.25, -0.2) is 9.67 Å². The van der Waals surface area contributed by atoms with Crippen LogP contribution in [-0.4, -0.2) is 43.2 Å². The molecule has 1 aromatic carbocycles. The molecule has 0 bridgehead atoms. The first-order valence-corrected chi connectivity index (χ1v) is 9.39. The van der Waals surface area contributed by atoms with Crippen molar-refractivity contribution in [1.29, 1.82) is 0 Å². The summed E-state index contributed by atoms with van der Waals surface area (Å²) >= 11 is 1.02. The first-order chi connectivity index (χ1) is 13.4. The third-order valence-electron chi connectivity index (χ3n) is 3.88. The van der Waals surface area contributed by atoms with Crippen molar-refractivity contribution in [3.05, 3.63) is 41.5 Å². The Kier molecular flexibility index (Phi) is 5.78. The van der Waals surface area contributed by atoms with Crippen molar-refractivity contribution in [3.8, 4) is 11.4 Å². The molecule has 0 unspecified atom stereocenters. The van der Waals surface area contributed by atoms with Crippen molar-refractivity contribution in [1.82, 2.24) is 24.4 Å². The van der Waals surface area contributed by atoms with Gasteiger partial charge in [-0.05, 0) is 37.1 Å². The maximum atomic E-state index is 12.7. The Balaban J connectivity index is 1.86. The summed E-state index contributed by atoms with van der Waals surface area (Å²) in [5, 5.41) is 11.2. The summed E-state index contributed by atoms with van der Waals surface area (Å²) in [6.45, 7) is 5.39. The predicted molar refractivity (Wildman–Crippen MR) is 104 cm³/mol. The molecule has 0 aliphatic carbocycles. The number of ether oxygens (including phenoxy) is 1. The third-order valence-corrected chi connectivity index (χ3v) is 4.55. The summed E-state index contributed by atoms with van der Waals surface area (Å²) in [7, 11) is 1.60. The molecule has 0 aliphatic heterocycles. The smallest absolute Gasteiger partial charge is 0.279 e. The molecule has 3 rings (SSSR count). The van der Waals surface area contributed by atoms with Gasteiger partial charge in [0.05, 0.1) is 24.9 Å². The fourth-order valence-corrected chi connectivity index (χ4v) is 3.22. The van der Waals surface area contributed by atoms with E-state index in [2.05, 4.69) is 25.0 Å². The second kappa shape index (κ2) is 8.26. The number of carbonyl (C=O) groups is 2. The molecule has 1 N–H and O–H groups in total. The van der Waals surface area contributed by atoms with Gasteiger partial charge in [0.1, 0.15) is 11.5 Å². The molecule has 10 heteroatoms. The lowest BCUT2D eigenvalue weighted by molar-refractivity contribution is -0.116. The number of hydrogen-bond acceptors (Lipinski definition) is 8. The minimum absolute atomic E-state index is 0.000505. The number of hydrogen-bond donors (Lipinski definition) is 1. The molecule has 0 aliphatic rings. The molecular weight excluding hydrogens is 380 g/mol. The summed E-state index contributed by atoms with van der Waals surface area (Å²) in [6.07, 6.45) is 0.136. The summed E-state index contributed by atoms with van der Waals surface area (Å²) < 4.78 is 10.9. The Morgan fingerprint density at radius 1 is 1.25 bits per heavy atom. The monoisotopic (exact) mass is 400 g/mol. The number of Topliss-reactive ketones (excluding diaryl/α,β-unsaturated/α-hetero) is 1. The van der Waals surface area contributed by atoms with Gasteiger partial charge in [0.15, 0.2) is 11.5 Å². The highest BCUT2D eigenvalue weighted by Gasteiger charge is 2.24. The Hall–Kier alpha value is -3.14. The van der Waals surface area contributed by atoms with E-state index in [0.29, 0.717) is 16.6 Å². The van der Waals surface area contributed by atoms with Gasteiger partial charge in [0, 0.05) is 11.5 Å². The van der Waals surface area contributed by atoms with Crippen molar-refractivity contribution in [3.63, 3.8) is 0 Å². The van der Waals surface area contributed by atoms with Crippen LogP contribution in [0.15, 0.2) is 24.3 Å². The fraction of sp³-hybridized carbons (Fsp3) is 0.333. The molecule has 0 saturated carbocycles. The van der Waals surface area contributed by atoms with E-state index in [1.54, 1.807) is 11.8 Å². The molecule has 0 atom stereocenters. The van der Waals surface area contributed by atoms with Crippen molar-refractivity contribution in [2.45, 2.75) is 33.1 Å². The number of nitrogens with one attached hydrogen (secondary N) is 1. The van der Waals surface area contributed by atoms with Gasteiger partial charge in [-0.15, -0.1) is 5.10 Å². The minimum Gasteiger partial charge on any atom is -0.497 e. The zero-order valence-electron chi connectivity index (χ0n) is 16.0. The molecule has 0 saturated heterocycles. The van der Waals surface area contributed by atoms with Gasteiger partial charge in [-0.1, -0.05) is 19.1 Å². The number of ketones is 1. The Morgan fingerprint density at radius 2 is 1.96 bits per heavy atom. The van der Waals surface area contributed by atoms with Gasteiger partial charge in [0.2, 0.25) is 5.13 Å². The number of aromatic nitrogens is 5. The Labute approximate surface area is 165 Å². The SMILES string of the molecule is COc1ccc(-n2nnc(C(=O)Nc3nc(CC(C)=O)ns3)c2C(C)C)cc1. The molecule has 0 spiro atoms. The summed E-state index contributed by atoms with van der Waals surface area (Å²) in [6, 6.07) is 7.33. The van der Waals surface area contributed by atoms with Crippen LogP contribution in [0.5, 0.6) is 5.75 Å². The van der Waals surface area contributed by atoms with E-state index in [4.69, 9.17) is 4.74 Å². The highest BCUT2D eigenvalue weighted by Crippen LogP contribution is 2.24. The lowest BCUT2D eigenvalue weighted by atomic mass is 10.1. The van der Waals surface area contributed by atoms with Crippen LogP contribution in [-0.2, 0) is 11.2 Å². The van der Waals surface area contributed by atoms with Crippen LogP contribution in [0.2, 0.25) is 0 Å². The highest BCUT2D eigenvalue weighted by atomic mass is 32.1. The Morgan fingerprint density at radius 3 is 2.57 bits per heavy atom. The molecule has 2 heterocycles. The lowest BCUT2D eigenvalue weighted by Gasteiger charge is -2.11. The van der Waals surface area contributed by atoms with Crippen molar-refractivity contribution in [2.24, 2.45) is 0 Å². The topological polar surface area (TPSA) is 112 Å². The number of anilines is 1. The lowest BCUT2D eigenvalue weighted by Crippen LogP contribution is -2.16. The van der Waals surface area contributed by atoms with E-state index in [1.807, 2.05) is 38.1 Å². The number of benzene rings is 1. The van der Waals surface area contributed by atoms with Crippen LogP contribution in [0.3, 0.4) is 0 Å². The van der Waals surface area contributed by atoms with Crippen LogP contribution in [0.25, 0.3) is 5.69 Å². The second-order valence-electron chi connectivity index (χ2n) is 6.44. The van der Waals surface area contributed by atoms with E-state index in [-0.39, 0.29) is 23.8 Å². The summed E-state index contributed by atoms with van der Waals surface area (Å²) in [5.41, 5.74) is 1.67. The molecule has 2 aromatic heterocycles. The predicted octanol–water partition coefficient (Wildman–Crippen LogP) is 2.63. The van der Waals surface area contributed by atoms with E-state index >= 15 is 0 Å². The van der Waals surface area contributed by atoms with Crippen LogP contribution in [0.4, 0.5) is 5.13 Å². The average molecular weight is 400 g/mol. The number of methoxy groups -OCH3 is 1. The van der Waals surface area contributed by atoms with Gasteiger partial charge in [-0.3, -0.25) is 14.9 Å². The van der Waals surface area contributed by atoms with Gasteiger partial charge in [-0.2, -0.15) is 4.37 Å². The summed E-state index contributed by atoms with van der Waals surface area (Å²) in [4.78, 5) is 28.1. The fourth-order valence-electron chi connectivity index (χ4n) is 2.64. The number of amides is 1. The first kappa shape index (κ1) is 19.6. The van der Waals surface area contributed by atoms with Crippen molar-refractivity contribution in [2.75, 3.05) is 12.4 Å². The van der Waals surface area contributed by atoms with Crippen LogP contribution < -0.4 is 10.1 Å². The molecule has 1 amide bonds. The maximum Gasteiger partial charge on any atom is 0.279 e. The largest absolute Gasteiger partial charge is 0.497 e. The third kappa shape index (κ3) is 4.22. The first-order valence-electron chi connectivity index (χ1n) is 8.62. The second-order valence-corrected chi connectivity index (χ2v) is 7.19. The van der Waals surface area contributed by atoms with Gasteiger partial charge >= 0.3 is 0 Å². The van der Waals surface area contributed by atoms with E-state index in [0.717, 1.165) is 23.0 Å². The van der Waals surface area contributed by atoms with Crippen LogP contribution in [0.1, 0.15) is 48.7 Å². The van der Waals surface area contributed by atoms with Crippen molar-refractivity contribution >= 4 is 28.4 Å². The Bertz CT molecular complexity index is 993. The standard InChI is InChI=1S/C18H20N6O3S/c1-10(2)16-15(17(26)20-18-19-14(22-28-18)9-11(3)25)21-23-24(16)12-5-7-13(27-4)8-6-12/h5-8,10H,9H2,1-4H3,(H,19,20,22,26). The number of rotatable bonds is 7. The quantitative estimate of drug-likeness (QED) is 0.649. The molecule has 0 radical (unpaired) electrons. The van der Waals surface area contributed by atoms with E-state index in [1.165, 1.54) is 6.92 Å². The normalized spacial score (nSPS) is 10.9. The zero-order chi connectivity index (χ0) is 20.3. The highest BCUT2D eigenvalue weighted by molar-refractivity contribution is 7.09.